The van der Waals surface area contributed by atoms with E-state index in [0.29, 0.717) is 21.9 Å². The van der Waals surface area contributed by atoms with E-state index in [2.05, 4.69) is 15.3 Å². The van der Waals surface area contributed by atoms with Gasteiger partial charge in [0.05, 0.1) is 10.6 Å². The van der Waals surface area contributed by atoms with E-state index >= 15 is 0 Å². The molecule has 2 aromatic heterocycles. The lowest BCUT2D eigenvalue weighted by molar-refractivity contribution is 0.400. The molecule has 0 bridgehead atoms. The van der Waals surface area contributed by atoms with E-state index < -0.39 is 17.4 Å². The highest BCUT2D eigenvalue weighted by atomic mass is 35.5. The number of aryl methyl sites for hydroxylation is 1. The topological polar surface area (TPSA) is 47.0 Å². The van der Waals surface area contributed by atoms with Crippen molar-refractivity contribution in [1.82, 2.24) is 9.97 Å². The Hall–Kier alpha value is -1.90. The van der Waals surface area contributed by atoms with Gasteiger partial charge in [-0.25, -0.2) is 18.7 Å². The third-order valence-corrected chi connectivity index (χ3v) is 6.90. The zero-order chi connectivity index (χ0) is 20.2. The first-order valence-corrected chi connectivity index (χ1v) is 11.3. The monoisotopic (exact) mass is 469 g/mol. The number of para-hydroxylation sites is 1. The molecule has 0 radical (unpaired) electrons. The molecule has 160 valence electrons. The van der Waals surface area contributed by atoms with E-state index in [-0.39, 0.29) is 12.4 Å². The first-order chi connectivity index (χ1) is 14.1. The fourth-order valence-corrected chi connectivity index (χ4v) is 5.19. The summed E-state index contributed by atoms with van der Waals surface area (Å²) >= 11 is 3.13. The Balaban J connectivity index is 0.00000256. The second-order valence-electron chi connectivity index (χ2n) is 6.97. The zero-order valence-corrected chi connectivity index (χ0v) is 18.8. The lowest BCUT2D eigenvalue weighted by Gasteiger charge is -2.22. The van der Waals surface area contributed by atoms with Crippen LogP contribution in [0.1, 0.15) is 37.8 Å². The molecule has 30 heavy (non-hydrogen) atoms. The van der Waals surface area contributed by atoms with E-state index in [1.54, 1.807) is 24.0 Å². The average molecular weight is 470 g/mol. The fraction of sp³-hybridized carbons (Fsp3) is 0.333. The Bertz CT molecular complexity index is 976. The summed E-state index contributed by atoms with van der Waals surface area (Å²) in [5.74, 6) is -0.976. The van der Waals surface area contributed by atoms with Crippen LogP contribution in [0.5, 0.6) is 11.5 Å². The molecule has 0 spiro atoms. The Kier molecular flexibility index (Phi) is 7.91. The molecule has 4 rings (SSSR count). The van der Waals surface area contributed by atoms with Crippen molar-refractivity contribution in [2.45, 2.75) is 49.2 Å². The minimum absolute atomic E-state index is 0. The van der Waals surface area contributed by atoms with Crippen LogP contribution in [0.15, 0.2) is 40.7 Å². The smallest absolute Gasteiger partial charge is 0.198 e. The highest BCUT2D eigenvalue weighted by Crippen LogP contribution is 2.41. The Labute approximate surface area is 188 Å². The van der Waals surface area contributed by atoms with E-state index in [4.69, 9.17) is 4.74 Å². The molecule has 9 heteroatoms. The predicted molar refractivity (Wildman–Crippen MR) is 121 cm³/mol. The van der Waals surface area contributed by atoms with E-state index in [0.717, 1.165) is 23.4 Å². The third kappa shape index (κ3) is 5.62. The van der Waals surface area contributed by atoms with Crippen LogP contribution >= 0.6 is 35.5 Å². The highest BCUT2D eigenvalue weighted by Gasteiger charge is 2.20. The van der Waals surface area contributed by atoms with Gasteiger partial charge in [0.1, 0.15) is 11.6 Å². The minimum Gasteiger partial charge on any atom is -0.450 e. The van der Waals surface area contributed by atoms with Crippen LogP contribution in [-0.4, -0.2) is 15.2 Å². The quantitative estimate of drug-likeness (QED) is 0.404. The lowest BCUT2D eigenvalue weighted by Crippen LogP contribution is -2.08. The largest absolute Gasteiger partial charge is 0.450 e. The second-order valence-corrected chi connectivity index (χ2v) is 9.17. The Morgan fingerprint density at radius 3 is 2.57 bits per heavy atom. The zero-order valence-electron chi connectivity index (χ0n) is 16.4. The number of nitrogens with zero attached hydrogens (tertiary/aromatic N) is 2. The number of anilines is 2. The maximum Gasteiger partial charge on any atom is 0.198 e. The van der Waals surface area contributed by atoms with Crippen LogP contribution in [0, 0.1) is 18.6 Å². The number of hydrogen-bond acceptors (Lipinski definition) is 6. The molecule has 2 heterocycles. The molecule has 0 amide bonds. The van der Waals surface area contributed by atoms with E-state index in [1.165, 1.54) is 48.8 Å². The normalized spacial score (nSPS) is 14.2. The third-order valence-electron chi connectivity index (χ3n) is 4.66. The first kappa shape index (κ1) is 22.8. The molecular weight excluding hydrogens is 448 g/mol. The van der Waals surface area contributed by atoms with Crippen molar-refractivity contribution < 1.29 is 13.5 Å². The molecule has 1 fully saturated rings. The van der Waals surface area contributed by atoms with E-state index in [1.807, 2.05) is 12.3 Å². The van der Waals surface area contributed by atoms with Gasteiger partial charge < -0.3 is 10.1 Å². The highest BCUT2D eigenvalue weighted by molar-refractivity contribution is 8.00. The van der Waals surface area contributed by atoms with Crippen LogP contribution in [0.4, 0.5) is 19.7 Å². The van der Waals surface area contributed by atoms with Gasteiger partial charge in [-0.1, -0.05) is 25.3 Å². The maximum atomic E-state index is 14.2. The van der Waals surface area contributed by atoms with E-state index in [9.17, 15) is 8.78 Å². The SMILES string of the molecule is Cc1csc(Nc2cc(Oc3c(F)cccc3F)c(SC3CCCCC3)cn2)n1.Cl. The average Bonchev–Trinajstić information content (AvgIpc) is 3.12. The summed E-state index contributed by atoms with van der Waals surface area (Å²) in [6, 6.07) is 5.36. The van der Waals surface area contributed by atoms with Crippen molar-refractivity contribution in [2.75, 3.05) is 5.32 Å². The molecule has 0 aliphatic heterocycles. The molecule has 1 N–H and O–H groups in total. The number of thiazole rings is 1. The molecule has 0 atom stereocenters. The fourth-order valence-electron chi connectivity index (χ4n) is 3.23. The molecule has 1 aliphatic rings. The van der Waals surface area contributed by atoms with Crippen molar-refractivity contribution in [2.24, 2.45) is 0 Å². The number of benzene rings is 1. The summed E-state index contributed by atoms with van der Waals surface area (Å²) < 4.78 is 34.1. The number of nitrogens with one attached hydrogen (secondary N) is 1. The van der Waals surface area contributed by atoms with Gasteiger partial charge in [0.15, 0.2) is 22.5 Å². The van der Waals surface area contributed by atoms with Crippen molar-refractivity contribution in [1.29, 1.82) is 0 Å². The summed E-state index contributed by atoms with van der Waals surface area (Å²) in [6.45, 7) is 1.91. The number of aromatic nitrogens is 2. The molecule has 1 saturated carbocycles. The van der Waals surface area contributed by atoms with Gasteiger partial charge in [-0.2, -0.15) is 0 Å². The molecule has 4 nitrogen and oxygen atoms in total. The number of pyridine rings is 1. The van der Waals surface area contributed by atoms with Crippen LogP contribution in [0.25, 0.3) is 0 Å². The van der Waals surface area contributed by atoms with Crippen LogP contribution in [-0.2, 0) is 0 Å². The number of thioether (sulfide) groups is 1. The number of halogens is 3. The Morgan fingerprint density at radius 2 is 1.90 bits per heavy atom. The molecule has 0 unspecified atom stereocenters. The molecule has 3 aromatic rings. The summed E-state index contributed by atoms with van der Waals surface area (Å²) in [5.41, 5.74) is 0.909. The Morgan fingerprint density at radius 1 is 1.17 bits per heavy atom. The summed E-state index contributed by atoms with van der Waals surface area (Å²) in [4.78, 5) is 9.61. The molecule has 1 aliphatic carbocycles. The van der Waals surface area contributed by atoms with Gasteiger partial charge in [0.2, 0.25) is 0 Å². The summed E-state index contributed by atoms with van der Waals surface area (Å²) in [5, 5.41) is 6.22. The predicted octanol–water partition coefficient (Wildman–Crippen LogP) is 7.51. The van der Waals surface area contributed by atoms with Crippen molar-refractivity contribution in [3.05, 3.63) is 53.2 Å². The second kappa shape index (κ2) is 10.4. The summed E-state index contributed by atoms with van der Waals surface area (Å²) in [6.07, 6.45) is 7.61. The molecule has 1 aromatic carbocycles. The van der Waals surface area contributed by atoms with Gasteiger partial charge in [0, 0.05) is 22.9 Å². The van der Waals surface area contributed by atoms with Gasteiger partial charge in [-0.15, -0.1) is 35.5 Å². The molecule has 0 saturated heterocycles. The number of hydrogen-bond donors (Lipinski definition) is 1. The van der Waals surface area contributed by atoms with Gasteiger partial charge in [-0.05, 0) is 31.9 Å². The van der Waals surface area contributed by atoms with Crippen LogP contribution < -0.4 is 10.1 Å². The van der Waals surface area contributed by atoms with Crippen LogP contribution in [0.2, 0.25) is 0 Å². The van der Waals surface area contributed by atoms with Crippen molar-refractivity contribution in [3.63, 3.8) is 0 Å². The first-order valence-electron chi connectivity index (χ1n) is 9.56. The lowest BCUT2D eigenvalue weighted by atomic mass is 10.0. The number of rotatable bonds is 6. The standard InChI is InChI=1S/C21H21F2N3OS2.ClH/c1-13-12-28-21(25-13)26-19-10-17(27-20-15(22)8-5-9-16(20)23)18(11-24-19)29-14-6-3-2-4-7-14;/h5,8-12,14H,2-4,6-7H2,1H3,(H,24,25,26);1H. The van der Waals surface area contributed by atoms with Gasteiger partial charge >= 0.3 is 0 Å². The van der Waals surface area contributed by atoms with Crippen molar-refractivity contribution in [3.8, 4) is 11.5 Å². The minimum atomic E-state index is -0.736. The van der Waals surface area contributed by atoms with Crippen LogP contribution in [0.3, 0.4) is 0 Å². The van der Waals surface area contributed by atoms with Gasteiger partial charge in [0.25, 0.3) is 0 Å². The maximum absolute atomic E-state index is 14.2. The summed E-state index contributed by atoms with van der Waals surface area (Å²) in [7, 11) is 0. The number of ether oxygens (including phenoxy) is 1. The van der Waals surface area contributed by atoms with Crippen molar-refractivity contribution >= 4 is 46.5 Å². The van der Waals surface area contributed by atoms with Gasteiger partial charge in [-0.3, -0.25) is 0 Å². The molecular formula is C21H22ClF2N3OS2.